The summed E-state index contributed by atoms with van der Waals surface area (Å²) in [5.41, 5.74) is 2.85. The summed E-state index contributed by atoms with van der Waals surface area (Å²) in [6.07, 6.45) is 2.38. The van der Waals surface area contributed by atoms with Crippen molar-refractivity contribution in [3.63, 3.8) is 0 Å². The Labute approximate surface area is 156 Å². The Morgan fingerprint density at radius 3 is 2.69 bits per heavy atom. The van der Waals surface area contributed by atoms with Gasteiger partial charge in [-0.05, 0) is 24.8 Å². The molecular weight excluding hydrogens is 346 g/mol. The summed E-state index contributed by atoms with van der Waals surface area (Å²) in [4.78, 5) is 30.1. The summed E-state index contributed by atoms with van der Waals surface area (Å²) in [6.45, 7) is 6.86. The summed E-state index contributed by atoms with van der Waals surface area (Å²) in [7, 11) is 0. The van der Waals surface area contributed by atoms with Crippen LogP contribution in [0.4, 0.5) is 0 Å². The lowest BCUT2D eigenvalue weighted by Crippen LogP contribution is -2.33. The number of hydrogen-bond acceptors (Lipinski definition) is 4. The van der Waals surface area contributed by atoms with Crippen LogP contribution in [-0.4, -0.2) is 22.0 Å². The first-order valence-electron chi connectivity index (χ1n) is 8.76. The third-order valence-corrected chi connectivity index (χ3v) is 5.17. The van der Waals surface area contributed by atoms with E-state index in [1.54, 1.807) is 0 Å². The zero-order valence-corrected chi connectivity index (χ0v) is 16.1. The topological polar surface area (TPSA) is 64.0 Å². The molecule has 0 saturated heterocycles. The number of rotatable bonds is 6. The summed E-state index contributed by atoms with van der Waals surface area (Å²) < 4.78 is 1.39. The Bertz CT molecular complexity index is 971. The molecule has 0 atom stereocenters. The quantitative estimate of drug-likeness (QED) is 0.722. The number of carbonyl (C=O) groups excluding carboxylic acids is 1. The highest BCUT2D eigenvalue weighted by molar-refractivity contribution is 7.17. The zero-order chi connectivity index (χ0) is 18.7. The second-order valence-corrected chi connectivity index (χ2v) is 7.76. The molecule has 2 aromatic heterocycles. The molecule has 0 radical (unpaired) electrons. The van der Waals surface area contributed by atoms with Crippen molar-refractivity contribution in [2.45, 2.75) is 33.7 Å². The van der Waals surface area contributed by atoms with E-state index in [-0.39, 0.29) is 18.0 Å². The summed E-state index contributed by atoms with van der Waals surface area (Å²) in [5, 5.41) is 5.40. The molecule has 0 aliphatic heterocycles. The minimum Gasteiger partial charge on any atom is -0.355 e. The van der Waals surface area contributed by atoms with Crippen LogP contribution in [0.15, 0.2) is 40.8 Å². The molecule has 1 aromatic carbocycles. The van der Waals surface area contributed by atoms with Gasteiger partial charge in [0, 0.05) is 17.5 Å². The van der Waals surface area contributed by atoms with E-state index in [1.807, 2.05) is 36.6 Å². The Morgan fingerprint density at radius 2 is 2.00 bits per heavy atom. The van der Waals surface area contributed by atoms with E-state index >= 15 is 0 Å². The molecule has 0 aliphatic rings. The van der Waals surface area contributed by atoms with Gasteiger partial charge in [0.05, 0.1) is 11.7 Å². The normalized spacial score (nSPS) is 11.2. The summed E-state index contributed by atoms with van der Waals surface area (Å²) in [5.74, 6) is 0.361. The van der Waals surface area contributed by atoms with E-state index in [9.17, 15) is 9.59 Å². The van der Waals surface area contributed by atoms with Gasteiger partial charge < -0.3 is 5.32 Å². The first-order valence-corrected chi connectivity index (χ1v) is 9.64. The molecule has 0 saturated carbocycles. The molecule has 26 heavy (non-hydrogen) atoms. The Morgan fingerprint density at radius 1 is 1.27 bits per heavy atom. The van der Waals surface area contributed by atoms with Gasteiger partial charge in [0.25, 0.3) is 5.56 Å². The van der Waals surface area contributed by atoms with Gasteiger partial charge in [-0.1, -0.05) is 43.7 Å². The van der Waals surface area contributed by atoms with Crippen LogP contribution in [0.3, 0.4) is 0 Å². The number of fused-ring (bicyclic) bond motifs is 1. The molecule has 0 fully saturated rings. The molecule has 6 heteroatoms. The first kappa shape index (κ1) is 18.3. The van der Waals surface area contributed by atoms with Gasteiger partial charge in [-0.15, -0.1) is 11.3 Å². The largest absolute Gasteiger partial charge is 0.355 e. The van der Waals surface area contributed by atoms with Gasteiger partial charge in [-0.3, -0.25) is 14.2 Å². The van der Waals surface area contributed by atoms with E-state index in [4.69, 9.17) is 0 Å². The second kappa shape index (κ2) is 7.83. The smallest absolute Gasteiger partial charge is 0.263 e. The lowest BCUT2D eigenvalue weighted by molar-refractivity contribution is -0.121. The van der Waals surface area contributed by atoms with Crippen molar-refractivity contribution >= 4 is 27.5 Å². The van der Waals surface area contributed by atoms with Gasteiger partial charge in [0.15, 0.2) is 0 Å². The molecule has 3 aromatic rings. The molecule has 5 nitrogen and oxygen atoms in total. The molecule has 0 bridgehead atoms. The molecule has 1 amide bonds. The highest BCUT2D eigenvalue weighted by atomic mass is 32.1. The van der Waals surface area contributed by atoms with Crippen LogP contribution in [-0.2, 0) is 11.3 Å². The van der Waals surface area contributed by atoms with Crippen LogP contribution < -0.4 is 10.9 Å². The molecule has 1 N–H and O–H groups in total. The molecule has 0 aliphatic carbocycles. The number of nitrogens with one attached hydrogen (secondary N) is 1. The highest BCUT2D eigenvalue weighted by Crippen LogP contribution is 2.30. The molecule has 136 valence electrons. The van der Waals surface area contributed by atoms with Crippen LogP contribution in [0.5, 0.6) is 0 Å². The van der Waals surface area contributed by atoms with Gasteiger partial charge in [0.2, 0.25) is 5.91 Å². The number of hydrogen-bond donors (Lipinski definition) is 1. The van der Waals surface area contributed by atoms with Crippen molar-refractivity contribution in [1.82, 2.24) is 14.9 Å². The van der Waals surface area contributed by atoms with Crippen LogP contribution in [0.1, 0.15) is 25.8 Å². The van der Waals surface area contributed by atoms with Crippen molar-refractivity contribution in [2.75, 3.05) is 6.54 Å². The highest BCUT2D eigenvalue weighted by Gasteiger charge is 2.14. The SMILES string of the molecule is Cc1ccc(-c2csc3ncn(CC(=O)NCCC(C)C)c(=O)c23)cc1. The van der Waals surface area contributed by atoms with E-state index in [2.05, 4.69) is 24.1 Å². The fourth-order valence-corrected chi connectivity index (χ4v) is 3.64. The van der Waals surface area contributed by atoms with Crippen molar-refractivity contribution < 1.29 is 4.79 Å². The molecule has 0 spiro atoms. The number of aromatic nitrogens is 2. The Hall–Kier alpha value is -2.47. The van der Waals surface area contributed by atoms with Crippen molar-refractivity contribution in [1.29, 1.82) is 0 Å². The van der Waals surface area contributed by atoms with E-state index < -0.39 is 0 Å². The van der Waals surface area contributed by atoms with Gasteiger partial charge in [0.1, 0.15) is 11.4 Å². The molecule has 0 unspecified atom stereocenters. The lowest BCUT2D eigenvalue weighted by Gasteiger charge is -2.09. The monoisotopic (exact) mass is 369 g/mol. The minimum absolute atomic E-state index is 0.0109. The third-order valence-electron chi connectivity index (χ3n) is 4.28. The zero-order valence-electron chi connectivity index (χ0n) is 15.3. The number of carbonyl (C=O) groups is 1. The fourth-order valence-electron chi connectivity index (χ4n) is 2.74. The number of nitrogens with zero attached hydrogens (tertiary/aromatic N) is 2. The predicted octanol–water partition coefficient (Wildman–Crippen LogP) is 3.60. The van der Waals surface area contributed by atoms with Crippen LogP contribution >= 0.6 is 11.3 Å². The number of benzene rings is 1. The van der Waals surface area contributed by atoms with E-state index in [0.29, 0.717) is 22.7 Å². The summed E-state index contributed by atoms with van der Waals surface area (Å²) in [6, 6.07) is 8.06. The van der Waals surface area contributed by atoms with Crippen molar-refractivity contribution in [3.05, 3.63) is 51.9 Å². The van der Waals surface area contributed by atoms with Crippen molar-refractivity contribution in [3.8, 4) is 11.1 Å². The number of thiophene rings is 1. The minimum atomic E-state index is -0.175. The van der Waals surface area contributed by atoms with Gasteiger partial charge in [-0.2, -0.15) is 0 Å². The first-order chi connectivity index (χ1) is 12.5. The van der Waals surface area contributed by atoms with E-state index in [0.717, 1.165) is 17.5 Å². The van der Waals surface area contributed by atoms with Crippen LogP contribution in [0, 0.1) is 12.8 Å². The van der Waals surface area contributed by atoms with E-state index in [1.165, 1.54) is 27.8 Å². The number of aryl methyl sites for hydroxylation is 1. The predicted molar refractivity (Wildman–Crippen MR) is 107 cm³/mol. The van der Waals surface area contributed by atoms with Crippen LogP contribution in [0.25, 0.3) is 21.3 Å². The maximum Gasteiger partial charge on any atom is 0.263 e. The Balaban J connectivity index is 1.88. The average Bonchev–Trinajstić information content (AvgIpc) is 3.02. The maximum absolute atomic E-state index is 12.9. The lowest BCUT2D eigenvalue weighted by atomic mass is 10.1. The standard InChI is InChI=1S/C20H23N3O2S/c1-13(2)8-9-21-17(24)10-23-12-22-19-18(20(23)25)16(11-26-19)15-6-4-14(3)5-7-15/h4-7,11-13H,8-10H2,1-3H3,(H,21,24). The Kier molecular flexibility index (Phi) is 5.52. The van der Waals surface area contributed by atoms with Gasteiger partial charge in [-0.25, -0.2) is 4.98 Å². The fraction of sp³-hybridized carbons (Fsp3) is 0.350. The number of amides is 1. The van der Waals surface area contributed by atoms with Crippen molar-refractivity contribution in [2.24, 2.45) is 5.92 Å². The molecule has 3 rings (SSSR count). The molecular formula is C20H23N3O2S. The van der Waals surface area contributed by atoms with Crippen LogP contribution in [0.2, 0.25) is 0 Å². The van der Waals surface area contributed by atoms with Gasteiger partial charge >= 0.3 is 0 Å². The average molecular weight is 369 g/mol. The second-order valence-electron chi connectivity index (χ2n) is 6.91. The maximum atomic E-state index is 12.9. The molecule has 2 heterocycles. The summed E-state index contributed by atoms with van der Waals surface area (Å²) >= 11 is 1.45. The third kappa shape index (κ3) is 4.02.